The monoisotopic (exact) mass is 228 g/mol. The van der Waals surface area contributed by atoms with E-state index in [1.807, 2.05) is 0 Å². The molecule has 1 aliphatic heterocycles. The molecular formula is C11H23F3O. The lowest BCUT2D eigenvalue weighted by Gasteiger charge is -1.97. The molecular weight excluding hydrogens is 205 g/mol. The van der Waals surface area contributed by atoms with Crippen LogP contribution in [0.5, 0.6) is 0 Å². The van der Waals surface area contributed by atoms with Crippen molar-refractivity contribution in [2.45, 2.75) is 72.3 Å². The summed E-state index contributed by atoms with van der Waals surface area (Å²) in [5, 5.41) is 0. The predicted octanol–water partition coefficient (Wildman–Crippen LogP) is 3.86. The first-order chi connectivity index (χ1) is 6.68. The van der Waals surface area contributed by atoms with Crippen molar-refractivity contribution in [2.75, 3.05) is 0 Å². The Morgan fingerprint density at radius 1 is 0.800 bits per heavy atom. The van der Waals surface area contributed by atoms with Crippen LogP contribution in [0, 0.1) is 0 Å². The summed E-state index contributed by atoms with van der Waals surface area (Å²) in [4.78, 5) is 0. The van der Waals surface area contributed by atoms with Gasteiger partial charge < -0.3 is 4.74 Å². The van der Waals surface area contributed by atoms with E-state index in [1.54, 1.807) is 0 Å². The molecule has 0 radical (unpaired) electrons. The fourth-order valence-electron chi connectivity index (χ4n) is 0.293. The van der Waals surface area contributed by atoms with Crippen LogP contribution in [0.4, 0.5) is 13.2 Å². The Labute approximate surface area is 91.0 Å². The van der Waals surface area contributed by atoms with Gasteiger partial charge in [0.1, 0.15) is 12.3 Å². The van der Waals surface area contributed by atoms with E-state index in [1.165, 1.54) is 27.7 Å². The second-order valence-electron chi connectivity index (χ2n) is 3.92. The van der Waals surface area contributed by atoms with Gasteiger partial charge in [-0.05, 0) is 41.5 Å². The number of rotatable bonds is 1. The first-order valence-electron chi connectivity index (χ1n) is 5.26. The molecule has 0 amide bonds. The Hall–Kier alpha value is -0.250. The third kappa shape index (κ3) is 20.0. The summed E-state index contributed by atoms with van der Waals surface area (Å²) >= 11 is 0. The molecule has 0 spiro atoms. The van der Waals surface area contributed by atoms with E-state index in [0.29, 0.717) is 12.2 Å². The molecule has 4 heteroatoms. The Bertz CT molecular complexity index is 123. The summed E-state index contributed by atoms with van der Waals surface area (Å²) in [6.45, 7) is 9.55. The second kappa shape index (κ2) is 9.01. The van der Waals surface area contributed by atoms with Crippen molar-refractivity contribution >= 4 is 0 Å². The van der Waals surface area contributed by atoms with Gasteiger partial charge in [-0.3, -0.25) is 0 Å². The summed E-state index contributed by atoms with van der Waals surface area (Å²) in [6, 6.07) is 0. The molecule has 94 valence electrons. The zero-order valence-electron chi connectivity index (χ0n) is 10.4. The average molecular weight is 228 g/mol. The standard InChI is InChI=1S/C4H8F2.C4H8O.C3H7F/c1-3(5)4(2)6;1-3-4(2)5-3;1-3(2)4/h3-4H,1-2H3;3-4H,1-2H3;3H,1-2H3. The lowest BCUT2D eigenvalue weighted by Crippen LogP contribution is -2.06. The molecule has 1 saturated heterocycles. The Kier molecular flexibility index (Phi) is 10.3. The first-order valence-corrected chi connectivity index (χ1v) is 5.26. The maximum atomic E-state index is 11.4. The predicted molar refractivity (Wildman–Crippen MR) is 57.4 cm³/mol. The average Bonchev–Trinajstić information content (AvgIpc) is 2.64. The smallest absolute Gasteiger partial charge is 0.128 e. The fourth-order valence-corrected chi connectivity index (χ4v) is 0.293. The highest BCUT2D eigenvalue weighted by atomic mass is 19.2. The van der Waals surface area contributed by atoms with Crippen LogP contribution in [0.1, 0.15) is 41.5 Å². The third-order valence-electron chi connectivity index (χ3n) is 1.65. The second-order valence-corrected chi connectivity index (χ2v) is 3.92. The van der Waals surface area contributed by atoms with Crippen LogP contribution in [0.15, 0.2) is 0 Å². The topological polar surface area (TPSA) is 12.5 Å². The number of hydrogen-bond donors (Lipinski definition) is 0. The van der Waals surface area contributed by atoms with E-state index in [4.69, 9.17) is 4.74 Å². The van der Waals surface area contributed by atoms with Gasteiger partial charge in [0.15, 0.2) is 0 Å². The van der Waals surface area contributed by atoms with Gasteiger partial charge in [0, 0.05) is 0 Å². The molecule has 0 aromatic carbocycles. The SMILES string of the molecule is CC(C)F.CC(F)C(C)F.CC1OC1C. The lowest BCUT2D eigenvalue weighted by molar-refractivity contribution is 0.199. The third-order valence-corrected chi connectivity index (χ3v) is 1.65. The lowest BCUT2D eigenvalue weighted by atomic mass is 10.3. The Balaban J connectivity index is 0. The number of hydrogen-bond acceptors (Lipinski definition) is 1. The van der Waals surface area contributed by atoms with Crippen LogP contribution in [0.2, 0.25) is 0 Å². The van der Waals surface area contributed by atoms with Gasteiger partial charge >= 0.3 is 0 Å². The Morgan fingerprint density at radius 3 is 0.933 bits per heavy atom. The molecule has 1 fully saturated rings. The van der Waals surface area contributed by atoms with E-state index < -0.39 is 18.5 Å². The summed E-state index contributed by atoms with van der Waals surface area (Å²) in [5.74, 6) is 0. The van der Waals surface area contributed by atoms with Crippen molar-refractivity contribution in [2.24, 2.45) is 0 Å². The minimum absolute atomic E-state index is 0.551. The Morgan fingerprint density at radius 2 is 0.933 bits per heavy atom. The maximum Gasteiger partial charge on any atom is 0.128 e. The normalized spacial score (nSPS) is 26.8. The van der Waals surface area contributed by atoms with E-state index in [2.05, 4.69) is 13.8 Å². The summed E-state index contributed by atoms with van der Waals surface area (Å²) < 4.78 is 38.8. The number of ether oxygens (including phenoxy) is 1. The van der Waals surface area contributed by atoms with Crippen molar-refractivity contribution in [3.8, 4) is 0 Å². The molecule has 15 heavy (non-hydrogen) atoms. The molecule has 0 N–H and O–H groups in total. The minimum Gasteiger partial charge on any atom is -0.370 e. The van der Waals surface area contributed by atoms with E-state index in [9.17, 15) is 13.2 Å². The number of alkyl halides is 3. The summed E-state index contributed by atoms with van der Waals surface area (Å²) in [5.41, 5.74) is 0. The molecule has 1 heterocycles. The van der Waals surface area contributed by atoms with Crippen molar-refractivity contribution in [3.05, 3.63) is 0 Å². The molecule has 0 saturated carbocycles. The van der Waals surface area contributed by atoms with Crippen molar-refractivity contribution < 1.29 is 17.9 Å². The molecule has 0 aromatic heterocycles. The quantitative estimate of drug-likeness (QED) is 0.621. The molecule has 1 nitrogen and oxygen atoms in total. The largest absolute Gasteiger partial charge is 0.370 e. The van der Waals surface area contributed by atoms with Crippen LogP contribution >= 0.6 is 0 Å². The van der Waals surface area contributed by atoms with Crippen LogP contribution < -0.4 is 0 Å². The maximum absolute atomic E-state index is 11.4. The summed E-state index contributed by atoms with van der Waals surface area (Å²) in [7, 11) is 0. The van der Waals surface area contributed by atoms with Crippen LogP contribution in [-0.2, 0) is 4.74 Å². The number of epoxide rings is 1. The summed E-state index contributed by atoms with van der Waals surface area (Å²) in [6.07, 6.45) is -2.19. The van der Waals surface area contributed by atoms with Gasteiger partial charge in [-0.2, -0.15) is 0 Å². The van der Waals surface area contributed by atoms with E-state index in [-0.39, 0.29) is 0 Å². The zero-order valence-corrected chi connectivity index (χ0v) is 10.4. The highest BCUT2D eigenvalue weighted by Gasteiger charge is 2.27. The van der Waals surface area contributed by atoms with Gasteiger partial charge in [-0.15, -0.1) is 0 Å². The molecule has 1 rings (SSSR count). The van der Waals surface area contributed by atoms with Crippen LogP contribution in [0.25, 0.3) is 0 Å². The zero-order chi connectivity index (χ0) is 12.6. The molecule has 1 aliphatic rings. The van der Waals surface area contributed by atoms with E-state index >= 15 is 0 Å². The highest BCUT2D eigenvalue weighted by Crippen LogP contribution is 2.18. The van der Waals surface area contributed by atoms with Gasteiger partial charge in [-0.25, -0.2) is 13.2 Å². The highest BCUT2D eigenvalue weighted by molar-refractivity contribution is 4.73. The van der Waals surface area contributed by atoms with Gasteiger partial charge in [-0.1, -0.05) is 0 Å². The van der Waals surface area contributed by atoms with E-state index in [0.717, 1.165) is 0 Å². The minimum atomic E-state index is -1.31. The van der Waals surface area contributed by atoms with Crippen molar-refractivity contribution in [1.82, 2.24) is 0 Å². The molecule has 0 bridgehead atoms. The van der Waals surface area contributed by atoms with Gasteiger partial charge in [0.05, 0.1) is 18.4 Å². The van der Waals surface area contributed by atoms with Gasteiger partial charge in [0.25, 0.3) is 0 Å². The molecule has 0 aliphatic carbocycles. The molecule has 0 aromatic rings. The van der Waals surface area contributed by atoms with Crippen LogP contribution in [0.3, 0.4) is 0 Å². The molecule has 4 unspecified atom stereocenters. The van der Waals surface area contributed by atoms with Gasteiger partial charge in [0.2, 0.25) is 0 Å². The van der Waals surface area contributed by atoms with Crippen molar-refractivity contribution in [3.63, 3.8) is 0 Å². The first kappa shape index (κ1) is 17.2. The number of halogens is 3. The van der Waals surface area contributed by atoms with Crippen molar-refractivity contribution in [1.29, 1.82) is 0 Å². The fraction of sp³-hybridized carbons (Fsp3) is 1.00. The van der Waals surface area contributed by atoms with Crippen LogP contribution in [-0.4, -0.2) is 30.7 Å². The molecule has 4 atom stereocenters.